The monoisotopic (exact) mass is 210 g/mol. The molecule has 0 heterocycles. The maximum Gasteiger partial charge on any atom is 0.192 e. The van der Waals surface area contributed by atoms with Gasteiger partial charge in [-0.15, -0.1) is 6.42 Å². The predicted molar refractivity (Wildman–Crippen MR) is 66.0 cm³/mol. The van der Waals surface area contributed by atoms with Crippen LogP contribution in [-0.4, -0.2) is 51.1 Å². The molecule has 0 aliphatic rings. The van der Waals surface area contributed by atoms with E-state index in [1.54, 1.807) is 0 Å². The predicted octanol–water partition coefficient (Wildman–Crippen LogP) is 0.126. The summed E-state index contributed by atoms with van der Waals surface area (Å²) in [5, 5.41) is 6.18. The molecule has 4 heteroatoms. The molecular weight excluding hydrogens is 188 g/mol. The fraction of sp³-hybridized carbons (Fsp3) is 0.727. The molecule has 0 aliphatic heterocycles. The summed E-state index contributed by atoms with van der Waals surface area (Å²) in [6, 6.07) is 0. The van der Waals surface area contributed by atoms with E-state index < -0.39 is 0 Å². The summed E-state index contributed by atoms with van der Waals surface area (Å²) in [7, 11) is 4.12. The van der Waals surface area contributed by atoms with Crippen molar-refractivity contribution in [3.8, 4) is 12.3 Å². The van der Waals surface area contributed by atoms with Crippen LogP contribution in [0.1, 0.15) is 13.3 Å². The minimum Gasteiger partial charge on any atom is -0.357 e. The van der Waals surface area contributed by atoms with Gasteiger partial charge in [0.1, 0.15) is 0 Å². The van der Waals surface area contributed by atoms with E-state index in [0.717, 1.165) is 32.0 Å². The number of hydrogen-bond donors (Lipinski definition) is 2. The molecule has 0 saturated heterocycles. The van der Waals surface area contributed by atoms with Crippen molar-refractivity contribution in [3.63, 3.8) is 0 Å². The summed E-state index contributed by atoms with van der Waals surface area (Å²) in [6.45, 7) is 5.27. The molecule has 0 rings (SSSR count). The Morgan fingerprint density at radius 3 is 2.67 bits per heavy atom. The standard InChI is InChI=1S/C11H22N4/c1-5-8-13-11(12-6-2)14-9-7-10-15(3)4/h1H,6-10H2,2-4H3,(H2,12,13,14). The Kier molecular flexibility index (Phi) is 8.59. The molecule has 0 bridgehead atoms. The average molecular weight is 210 g/mol. The highest BCUT2D eigenvalue weighted by Crippen LogP contribution is 1.84. The number of nitrogens with zero attached hydrogens (tertiary/aromatic N) is 2. The lowest BCUT2D eigenvalue weighted by molar-refractivity contribution is 0.403. The van der Waals surface area contributed by atoms with Gasteiger partial charge >= 0.3 is 0 Å². The third-order valence-corrected chi connectivity index (χ3v) is 1.74. The van der Waals surface area contributed by atoms with Crippen molar-refractivity contribution >= 4 is 5.96 Å². The highest BCUT2D eigenvalue weighted by Gasteiger charge is 1.94. The molecule has 0 aromatic rings. The molecule has 0 fully saturated rings. The number of hydrogen-bond acceptors (Lipinski definition) is 2. The Labute approximate surface area is 93.1 Å². The lowest BCUT2D eigenvalue weighted by Crippen LogP contribution is -2.37. The van der Waals surface area contributed by atoms with E-state index in [-0.39, 0.29) is 0 Å². The van der Waals surface area contributed by atoms with Crippen LogP contribution in [0.15, 0.2) is 4.99 Å². The number of nitrogens with one attached hydrogen (secondary N) is 2. The second kappa shape index (κ2) is 9.35. The smallest absolute Gasteiger partial charge is 0.192 e. The summed E-state index contributed by atoms with van der Waals surface area (Å²) in [5.41, 5.74) is 0. The molecule has 0 saturated carbocycles. The number of guanidine groups is 1. The van der Waals surface area contributed by atoms with Crippen LogP contribution < -0.4 is 10.6 Å². The first-order chi connectivity index (χ1) is 7.20. The van der Waals surface area contributed by atoms with E-state index in [4.69, 9.17) is 6.42 Å². The molecule has 86 valence electrons. The van der Waals surface area contributed by atoms with Gasteiger partial charge in [-0.2, -0.15) is 0 Å². The zero-order valence-electron chi connectivity index (χ0n) is 10.0. The normalized spacial score (nSPS) is 11.3. The van der Waals surface area contributed by atoms with Gasteiger partial charge in [-0.05, 0) is 34.0 Å². The lowest BCUT2D eigenvalue weighted by Gasteiger charge is -2.10. The molecule has 0 radical (unpaired) electrons. The van der Waals surface area contributed by atoms with Gasteiger partial charge in [0, 0.05) is 13.1 Å². The molecule has 0 aromatic carbocycles. The first-order valence-corrected chi connectivity index (χ1v) is 5.31. The van der Waals surface area contributed by atoms with Crippen molar-refractivity contribution in [3.05, 3.63) is 0 Å². The maximum absolute atomic E-state index is 5.17. The third kappa shape index (κ3) is 9.10. The van der Waals surface area contributed by atoms with Crippen LogP contribution >= 0.6 is 0 Å². The Bertz CT molecular complexity index is 215. The van der Waals surface area contributed by atoms with Crippen molar-refractivity contribution in [2.75, 3.05) is 40.3 Å². The van der Waals surface area contributed by atoms with E-state index >= 15 is 0 Å². The number of terminal acetylenes is 1. The summed E-state index contributed by atoms with van der Waals surface area (Å²) in [5.74, 6) is 3.33. The molecule has 2 N–H and O–H groups in total. The molecule has 4 nitrogen and oxygen atoms in total. The van der Waals surface area contributed by atoms with E-state index in [1.165, 1.54) is 0 Å². The van der Waals surface area contributed by atoms with Crippen LogP contribution in [0.3, 0.4) is 0 Å². The molecule has 0 atom stereocenters. The van der Waals surface area contributed by atoms with Crippen molar-refractivity contribution < 1.29 is 0 Å². The first-order valence-electron chi connectivity index (χ1n) is 5.31. The van der Waals surface area contributed by atoms with Gasteiger partial charge in [-0.3, -0.25) is 4.99 Å². The quantitative estimate of drug-likeness (QED) is 0.283. The molecule has 0 unspecified atom stereocenters. The van der Waals surface area contributed by atoms with Crippen molar-refractivity contribution in [1.29, 1.82) is 0 Å². The van der Waals surface area contributed by atoms with Gasteiger partial charge in [-0.25, -0.2) is 0 Å². The minimum atomic E-state index is 0.513. The van der Waals surface area contributed by atoms with Crippen LogP contribution in [0.5, 0.6) is 0 Å². The highest BCUT2D eigenvalue weighted by atomic mass is 15.2. The Balaban J connectivity index is 3.79. The van der Waals surface area contributed by atoms with Crippen LogP contribution in [0, 0.1) is 12.3 Å². The van der Waals surface area contributed by atoms with Gasteiger partial charge in [0.15, 0.2) is 5.96 Å². The lowest BCUT2D eigenvalue weighted by atomic mass is 10.4. The van der Waals surface area contributed by atoms with Crippen LogP contribution in [0.25, 0.3) is 0 Å². The second-order valence-corrected chi connectivity index (χ2v) is 3.48. The Morgan fingerprint density at radius 2 is 2.13 bits per heavy atom. The fourth-order valence-electron chi connectivity index (χ4n) is 1.05. The molecule has 0 amide bonds. The van der Waals surface area contributed by atoms with E-state index in [0.29, 0.717) is 6.54 Å². The van der Waals surface area contributed by atoms with Gasteiger partial charge in [0.25, 0.3) is 0 Å². The molecule has 15 heavy (non-hydrogen) atoms. The maximum atomic E-state index is 5.17. The molecule has 0 aliphatic carbocycles. The van der Waals surface area contributed by atoms with Gasteiger partial charge in [-0.1, -0.05) is 5.92 Å². The summed E-state index contributed by atoms with van der Waals surface area (Å²) in [4.78, 5) is 6.55. The Morgan fingerprint density at radius 1 is 1.40 bits per heavy atom. The molecule has 0 spiro atoms. The Hall–Kier alpha value is -1.21. The van der Waals surface area contributed by atoms with Crippen molar-refractivity contribution in [2.24, 2.45) is 4.99 Å². The van der Waals surface area contributed by atoms with E-state index in [9.17, 15) is 0 Å². The summed E-state index contributed by atoms with van der Waals surface area (Å²) < 4.78 is 0. The zero-order valence-corrected chi connectivity index (χ0v) is 10.0. The first kappa shape index (κ1) is 13.8. The summed E-state index contributed by atoms with van der Waals surface area (Å²) >= 11 is 0. The highest BCUT2D eigenvalue weighted by molar-refractivity contribution is 5.79. The van der Waals surface area contributed by atoms with Gasteiger partial charge < -0.3 is 15.5 Å². The number of rotatable bonds is 6. The molecular formula is C11H22N4. The molecule has 0 aromatic heterocycles. The summed E-state index contributed by atoms with van der Waals surface area (Å²) in [6.07, 6.45) is 6.22. The van der Waals surface area contributed by atoms with Gasteiger partial charge in [0.2, 0.25) is 0 Å². The SMILES string of the molecule is C#CCNC(=NCCCN(C)C)NCC. The minimum absolute atomic E-state index is 0.513. The van der Waals surface area contributed by atoms with Crippen molar-refractivity contribution in [2.45, 2.75) is 13.3 Å². The average Bonchev–Trinajstić information content (AvgIpc) is 2.20. The van der Waals surface area contributed by atoms with E-state index in [1.807, 2.05) is 6.92 Å². The third-order valence-electron chi connectivity index (χ3n) is 1.74. The van der Waals surface area contributed by atoms with Crippen LogP contribution in [0.2, 0.25) is 0 Å². The van der Waals surface area contributed by atoms with Crippen molar-refractivity contribution in [1.82, 2.24) is 15.5 Å². The second-order valence-electron chi connectivity index (χ2n) is 3.48. The number of aliphatic imine (C=N–C) groups is 1. The van der Waals surface area contributed by atoms with Crippen LogP contribution in [-0.2, 0) is 0 Å². The van der Waals surface area contributed by atoms with E-state index in [2.05, 4.69) is 40.5 Å². The fourth-order valence-corrected chi connectivity index (χ4v) is 1.05. The van der Waals surface area contributed by atoms with Gasteiger partial charge in [0.05, 0.1) is 6.54 Å². The zero-order chi connectivity index (χ0) is 11.5. The van der Waals surface area contributed by atoms with Crippen LogP contribution in [0.4, 0.5) is 0 Å². The topological polar surface area (TPSA) is 39.7 Å². The largest absolute Gasteiger partial charge is 0.357 e.